The van der Waals surface area contributed by atoms with Crippen molar-refractivity contribution in [1.82, 2.24) is 4.90 Å². The van der Waals surface area contributed by atoms with E-state index in [4.69, 9.17) is 9.84 Å². The maximum atomic E-state index is 10.9. The summed E-state index contributed by atoms with van der Waals surface area (Å²) in [6, 6.07) is 14.8. The summed E-state index contributed by atoms with van der Waals surface area (Å²) < 4.78 is 5.95. The van der Waals surface area contributed by atoms with E-state index in [1.165, 1.54) is 16.7 Å². The first-order valence-corrected chi connectivity index (χ1v) is 8.57. The smallest absolute Gasteiger partial charge is 0.309 e. The summed E-state index contributed by atoms with van der Waals surface area (Å²) in [7, 11) is 0. The summed E-state index contributed by atoms with van der Waals surface area (Å²) in [5.41, 5.74) is 5.88. The molecule has 0 atom stereocenters. The van der Waals surface area contributed by atoms with Crippen molar-refractivity contribution >= 4 is 12.0 Å². The third kappa shape index (κ3) is 3.30. The highest BCUT2D eigenvalue weighted by Gasteiger charge is 2.32. The van der Waals surface area contributed by atoms with Gasteiger partial charge in [0.1, 0.15) is 12.4 Å². The Hall–Kier alpha value is -2.59. The fourth-order valence-corrected chi connectivity index (χ4v) is 3.37. The molecule has 1 fully saturated rings. The van der Waals surface area contributed by atoms with Crippen LogP contribution >= 0.6 is 0 Å². The monoisotopic (exact) mass is 335 g/mol. The molecule has 0 unspecified atom stereocenters. The first-order chi connectivity index (χ1) is 12.1. The number of hydrogen-bond acceptors (Lipinski definition) is 3. The highest BCUT2D eigenvalue weighted by molar-refractivity contribution is 5.72. The Labute approximate surface area is 147 Å². The molecular weight excluding hydrogens is 314 g/mol. The summed E-state index contributed by atoms with van der Waals surface area (Å²) in [5, 5.41) is 8.96. The van der Waals surface area contributed by atoms with Crippen molar-refractivity contribution in [3.63, 3.8) is 0 Å². The van der Waals surface area contributed by atoms with Gasteiger partial charge in [0.05, 0.1) is 5.92 Å². The SMILES string of the molecule is Cc1ccc(-c2ccc3c(c2)OCC(CN2CC(C(=O)O)C2)=C3)cc1. The average Bonchev–Trinajstić information content (AvgIpc) is 2.57. The van der Waals surface area contributed by atoms with Crippen molar-refractivity contribution in [2.45, 2.75) is 6.92 Å². The summed E-state index contributed by atoms with van der Waals surface area (Å²) in [4.78, 5) is 13.0. The third-order valence-electron chi connectivity index (χ3n) is 4.90. The van der Waals surface area contributed by atoms with Gasteiger partial charge in [-0.15, -0.1) is 0 Å². The van der Waals surface area contributed by atoms with E-state index in [-0.39, 0.29) is 5.92 Å². The van der Waals surface area contributed by atoms with E-state index in [2.05, 4.69) is 60.4 Å². The minimum absolute atomic E-state index is 0.213. The van der Waals surface area contributed by atoms with E-state index in [1.807, 2.05) is 0 Å². The summed E-state index contributed by atoms with van der Waals surface area (Å²) in [6.45, 7) is 4.70. The largest absolute Gasteiger partial charge is 0.489 e. The van der Waals surface area contributed by atoms with Crippen LogP contribution in [0.4, 0.5) is 0 Å². The molecule has 2 heterocycles. The van der Waals surface area contributed by atoms with Crippen molar-refractivity contribution in [2.24, 2.45) is 5.92 Å². The van der Waals surface area contributed by atoms with E-state index < -0.39 is 5.97 Å². The van der Waals surface area contributed by atoms with Gasteiger partial charge < -0.3 is 9.84 Å². The molecule has 0 saturated carbocycles. The maximum Gasteiger partial charge on any atom is 0.309 e. The molecule has 2 aromatic carbocycles. The molecule has 0 aromatic heterocycles. The quantitative estimate of drug-likeness (QED) is 0.930. The second-order valence-corrected chi connectivity index (χ2v) is 6.94. The fourth-order valence-electron chi connectivity index (χ4n) is 3.37. The van der Waals surface area contributed by atoms with Crippen LogP contribution < -0.4 is 4.74 Å². The van der Waals surface area contributed by atoms with E-state index in [9.17, 15) is 4.79 Å². The number of aliphatic carboxylic acids is 1. The molecule has 0 aliphatic carbocycles. The summed E-state index contributed by atoms with van der Waals surface area (Å²) in [5.74, 6) is 0.00224. The van der Waals surface area contributed by atoms with Crippen LogP contribution in [0.25, 0.3) is 17.2 Å². The van der Waals surface area contributed by atoms with Crippen LogP contribution in [0.1, 0.15) is 11.1 Å². The standard InChI is InChI=1S/C21H21NO3/c1-14-2-4-16(5-3-14)17-6-7-18-8-15(13-25-20(18)9-17)10-22-11-19(12-22)21(23)24/h2-9,19H,10-13H2,1H3,(H,23,24). The molecule has 0 spiro atoms. The Balaban J connectivity index is 1.47. The molecule has 1 N–H and O–H groups in total. The number of ether oxygens (including phenoxy) is 1. The number of rotatable bonds is 4. The van der Waals surface area contributed by atoms with Crippen LogP contribution in [-0.4, -0.2) is 42.2 Å². The molecule has 0 radical (unpaired) electrons. The van der Waals surface area contributed by atoms with Crippen LogP contribution in [0.3, 0.4) is 0 Å². The van der Waals surface area contributed by atoms with Gasteiger partial charge in [0.15, 0.2) is 0 Å². The van der Waals surface area contributed by atoms with Gasteiger partial charge in [0.25, 0.3) is 0 Å². The Morgan fingerprint density at radius 2 is 1.88 bits per heavy atom. The van der Waals surface area contributed by atoms with Crippen molar-refractivity contribution in [2.75, 3.05) is 26.2 Å². The molecule has 2 aliphatic rings. The van der Waals surface area contributed by atoms with Crippen LogP contribution in [0.2, 0.25) is 0 Å². The summed E-state index contributed by atoms with van der Waals surface area (Å²) >= 11 is 0. The zero-order chi connectivity index (χ0) is 17.4. The highest BCUT2D eigenvalue weighted by Crippen LogP contribution is 2.32. The van der Waals surface area contributed by atoms with Gasteiger partial charge in [-0.1, -0.05) is 42.0 Å². The molecular formula is C21H21NO3. The minimum atomic E-state index is -0.695. The van der Waals surface area contributed by atoms with Crippen LogP contribution in [-0.2, 0) is 4.79 Å². The second kappa shape index (κ2) is 6.37. The zero-order valence-corrected chi connectivity index (χ0v) is 14.2. The lowest BCUT2D eigenvalue weighted by Gasteiger charge is -2.37. The number of carboxylic acids is 1. The number of aryl methyl sites for hydroxylation is 1. The molecule has 2 aliphatic heterocycles. The number of likely N-dealkylation sites (tertiary alicyclic amines) is 1. The van der Waals surface area contributed by atoms with Crippen LogP contribution in [0, 0.1) is 12.8 Å². The van der Waals surface area contributed by atoms with Crippen LogP contribution in [0.5, 0.6) is 5.75 Å². The Bertz CT molecular complexity index is 833. The minimum Gasteiger partial charge on any atom is -0.489 e. The number of benzene rings is 2. The van der Waals surface area contributed by atoms with Gasteiger partial charge >= 0.3 is 5.97 Å². The van der Waals surface area contributed by atoms with Crippen molar-refractivity contribution in [1.29, 1.82) is 0 Å². The van der Waals surface area contributed by atoms with Gasteiger partial charge in [-0.05, 0) is 35.8 Å². The Morgan fingerprint density at radius 1 is 1.16 bits per heavy atom. The van der Waals surface area contributed by atoms with E-state index in [0.29, 0.717) is 19.7 Å². The van der Waals surface area contributed by atoms with Gasteiger partial charge in [0, 0.05) is 25.2 Å². The van der Waals surface area contributed by atoms with Crippen molar-refractivity contribution in [3.05, 3.63) is 59.2 Å². The van der Waals surface area contributed by atoms with E-state index in [1.54, 1.807) is 0 Å². The molecule has 4 heteroatoms. The normalized spacial score (nSPS) is 17.2. The number of carbonyl (C=O) groups is 1. The highest BCUT2D eigenvalue weighted by atomic mass is 16.5. The second-order valence-electron chi connectivity index (χ2n) is 6.94. The van der Waals surface area contributed by atoms with E-state index in [0.717, 1.165) is 23.4 Å². The molecule has 25 heavy (non-hydrogen) atoms. The van der Waals surface area contributed by atoms with Crippen molar-refractivity contribution in [3.8, 4) is 16.9 Å². The van der Waals surface area contributed by atoms with E-state index >= 15 is 0 Å². The van der Waals surface area contributed by atoms with Gasteiger partial charge in [-0.2, -0.15) is 0 Å². The lowest BCUT2D eigenvalue weighted by Crippen LogP contribution is -2.51. The topological polar surface area (TPSA) is 49.8 Å². The van der Waals surface area contributed by atoms with Gasteiger partial charge in [-0.3, -0.25) is 9.69 Å². The van der Waals surface area contributed by atoms with Gasteiger partial charge in [-0.25, -0.2) is 0 Å². The van der Waals surface area contributed by atoms with Crippen LogP contribution in [0.15, 0.2) is 48.0 Å². The Kier molecular flexibility index (Phi) is 4.06. The van der Waals surface area contributed by atoms with Gasteiger partial charge in [0.2, 0.25) is 0 Å². The molecule has 1 saturated heterocycles. The lowest BCUT2D eigenvalue weighted by atomic mass is 9.97. The predicted octanol–water partition coefficient (Wildman–Crippen LogP) is 3.45. The number of nitrogens with zero attached hydrogens (tertiary/aromatic N) is 1. The first-order valence-electron chi connectivity index (χ1n) is 8.57. The number of fused-ring (bicyclic) bond motifs is 1. The predicted molar refractivity (Wildman–Crippen MR) is 97.7 cm³/mol. The maximum absolute atomic E-state index is 10.9. The number of carboxylic acid groups (broad SMARTS) is 1. The molecule has 0 amide bonds. The Morgan fingerprint density at radius 3 is 2.60 bits per heavy atom. The molecule has 4 rings (SSSR count). The number of hydrogen-bond donors (Lipinski definition) is 1. The molecule has 128 valence electrons. The lowest BCUT2D eigenvalue weighted by molar-refractivity contribution is -0.147. The summed E-state index contributed by atoms with van der Waals surface area (Å²) in [6.07, 6.45) is 2.17. The average molecular weight is 335 g/mol. The fraction of sp³-hybridized carbons (Fsp3) is 0.286. The zero-order valence-electron chi connectivity index (χ0n) is 14.2. The molecule has 0 bridgehead atoms. The third-order valence-corrected chi connectivity index (χ3v) is 4.90. The molecule has 4 nitrogen and oxygen atoms in total. The first kappa shape index (κ1) is 15.9. The molecule has 2 aromatic rings. The van der Waals surface area contributed by atoms with Crippen molar-refractivity contribution < 1.29 is 14.6 Å².